The van der Waals surface area contributed by atoms with Crippen LogP contribution in [0.5, 0.6) is 11.5 Å². The molecule has 2 N–H and O–H groups in total. The van der Waals surface area contributed by atoms with Crippen LogP contribution in [0.15, 0.2) is 54.7 Å². The number of anilines is 2. The fourth-order valence-corrected chi connectivity index (χ4v) is 2.94. The fourth-order valence-electron chi connectivity index (χ4n) is 2.72. The van der Waals surface area contributed by atoms with Crippen LogP contribution in [0, 0.1) is 5.82 Å². The van der Waals surface area contributed by atoms with Gasteiger partial charge in [-0.1, -0.05) is 18.2 Å². The maximum atomic E-state index is 13.7. The van der Waals surface area contributed by atoms with E-state index in [0.29, 0.717) is 42.0 Å². The van der Waals surface area contributed by atoms with Gasteiger partial charge in [-0.05, 0) is 30.4 Å². The molecule has 0 radical (unpaired) electrons. The summed E-state index contributed by atoms with van der Waals surface area (Å²) >= 11 is 5.33. The standard InChI is InChI=1S/C19H17FN4O2S/c20-15-4-2-1-3-13(15)12-24-8-7-18(23-24)22-19(27)21-14-5-6-16-17(11-14)26-10-9-25-16/h1-8,11H,9-10,12H2,(H2,21,22,23,27). The smallest absolute Gasteiger partial charge is 0.176 e. The van der Waals surface area contributed by atoms with Gasteiger partial charge in [-0.15, -0.1) is 0 Å². The second-order valence-electron chi connectivity index (χ2n) is 5.93. The summed E-state index contributed by atoms with van der Waals surface area (Å²) in [6.45, 7) is 1.42. The number of benzene rings is 2. The normalized spacial score (nSPS) is 12.5. The van der Waals surface area contributed by atoms with E-state index in [4.69, 9.17) is 21.7 Å². The van der Waals surface area contributed by atoms with Crippen LogP contribution in [0.2, 0.25) is 0 Å². The third kappa shape index (κ3) is 4.17. The van der Waals surface area contributed by atoms with E-state index in [2.05, 4.69) is 15.7 Å². The number of halogens is 1. The third-order valence-electron chi connectivity index (χ3n) is 3.97. The summed E-state index contributed by atoms with van der Waals surface area (Å²) in [6, 6.07) is 13.9. The van der Waals surface area contributed by atoms with E-state index in [1.54, 1.807) is 35.1 Å². The van der Waals surface area contributed by atoms with Gasteiger partial charge in [0.15, 0.2) is 22.4 Å². The summed E-state index contributed by atoms with van der Waals surface area (Å²) < 4.78 is 26.5. The maximum absolute atomic E-state index is 13.7. The molecule has 138 valence electrons. The first kappa shape index (κ1) is 17.3. The molecule has 8 heteroatoms. The molecule has 0 fully saturated rings. The van der Waals surface area contributed by atoms with Crippen molar-refractivity contribution >= 4 is 28.8 Å². The molecule has 0 bridgehead atoms. The molecule has 3 aromatic rings. The topological polar surface area (TPSA) is 60.3 Å². The summed E-state index contributed by atoms with van der Waals surface area (Å²) in [5.41, 5.74) is 1.35. The molecule has 1 aliphatic rings. The van der Waals surface area contributed by atoms with Crippen LogP contribution in [0.1, 0.15) is 5.56 Å². The monoisotopic (exact) mass is 384 g/mol. The Morgan fingerprint density at radius 2 is 1.89 bits per heavy atom. The maximum Gasteiger partial charge on any atom is 0.176 e. The number of hydrogen-bond acceptors (Lipinski definition) is 4. The lowest BCUT2D eigenvalue weighted by Gasteiger charge is -2.19. The van der Waals surface area contributed by atoms with E-state index in [0.717, 1.165) is 11.4 Å². The van der Waals surface area contributed by atoms with Gasteiger partial charge in [0.1, 0.15) is 19.0 Å². The number of fused-ring (bicyclic) bond motifs is 1. The van der Waals surface area contributed by atoms with Gasteiger partial charge in [-0.25, -0.2) is 4.39 Å². The van der Waals surface area contributed by atoms with Gasteiger partial charge in [0.2, 0.25) is 0 Å². The van der Waals surface area contributed by atoms with Crippen LogP contribution < -0.4 is 20.1 Å². The molecule has 27 heavy (non-hydrogen) atoms. The Kier molecular flexibility index (Phi) is 4.88. The summed E-state index contributed by atoms with van der Waals surface area (Å²) in [7, 11) is 0. The fraction of sp³-hybridized carbons (Fsp3) is 0.158. The van der Waals surface area contributed by atoms with E-state index in [1.807, 2.05) is 18.2 Å². The number of rotatable bonds is 4. The first-order chi connectivity index (χ1) is 13.2. The van der Waals surface area contributed by atoms with Gasteiger partial charge in [-0.3, -0.25) is 4.68 Å². The highest BCUT2D eigenvalue weighted by Crippen LogP contribution is 2.32. The van der Waals surface area contributed by atoms with Crippen LogP contribution in [-0.2, 0) is 6.54 Å². The second kappa shape index (κ2) is 7.63. The van der Waals surface area contributed by atoms with Gasteiger partial charge in [0, 0.05) is 29.6 Å². The van der Waals surface area contributed by atoms with Crippen LogP contribution in [-0.4, -0.2) is 28.1 Å². The molecular weight excluding hydrogens is 367 g/mol. The molecule has 0 unspecified atom stereocenters. The predicted octanol–water partition coefficient (Wildman–Crippen LogP) is 3.65. The number of nitrogens with zero attached hydrogens (tertiary/aromatic N) is 2. The summed E-state index contributed by atoms with van der Waals surface area (Å²) in [4.78, 5) is 0. The van der Waals surface area contributed by atoms with Crippen molar-refractivity contribution in [3.8, 4) is 11.5 Å². The van der Waals surface area contributed by atoms with Crippen molar-refractivity contribution in [3.63, 3.8) is 0 Å². The predicted molar refractivity (Wildman–Crippen MR) is 105 cm³/mol. The largest absolute Gasteiger partial charge is 0.486 e. The number of thiocarbonyl (C=S) groups is 1. The van der Waals surface area contributed by atoms with E-state index in [1.165, 1.54) is 6.07 Å². The summed E-state index contributed by atoms with van der Waals surface area (Å²) in [5, 5.41) is 10.9. The van der Waals surface area contributed by atoms with Crippen LogP contribution in [0.4, 0.5) is 15.9 Å². The lowest BCUT2D eigenvalue weighted by atomic mass is 10.2. The van der Waals surface area contributed by atoms with Gasteiger partial charge in [-0.2, -0.15) is 5.10 Å². The summed E-state index contributed by atoms with van der Waals surface area (Å²) in [5.74, 6) is 1.72. The van der Waals surface area contributed by atoms with Gasteiger partial charge >= 0.3 is 0 Å². The molecule has 1 aliphatic heterocycles. The molecule has 0 aliphatic carbocycles. The van der Waals surface area contributed by atoms with Gasteiger partial charge in [0.05, 0.1) is 6.54 Å². The van der Waals surface area contributed by atoms with Crippen molar-refractivity contribution in [1.82, 2.24) is 9.78 Å². The van der Waals surface area contributed by atoms with Crippen molar-refractivity contribution in [1.29, 1.82) is 0 Å². The molecule has 0 saturated heterocycles. The van der Waals surface area contributed by atoms with E-state index >= 15 is 0 Å². The van der Waals surface area contributed by atoms with Crippen LogP contribution in [0.25, 0.3) is 0 Å². The average molecular weight is 384 g/mol. The average Bonchev–Trinajstić information content (AvgIpc) is 3.10. The molecule has 0 amide bonds. The zero-order valence-electron chi connectivity index (χ0n) is 14.3. The molecule has 0 atom stereocenters. The number of nitrogens with one attached hydrogen (secondary N) is 2. The zero-order chi connectivity index (χ0) is 18.6. The Morgan fingerprint density at radius 1 is 1.07 bits per heavy atom. The first-order valence-corrected chi connectivity index (χ1v) is 8.83. The summed E-state index contributed by atoms with van der Waals surface area (Å²) in [6.07, 6.45) is 1.77. The Balaban J connectivity index is 1.37. The Hall–Kier alpha value is -3.13. The van der Waals surface area contributed by atoms with Crippen LogP contribution >= 0.6 is 12.2 Å². The minimum absolute atomic E-state index is 0.252. The lowest BCUT2D eigenvalue weighted by molar-refractivity contribution is 0.171. The van der Waals surface area contributed by atoms with Gasteiger partial charge < -0.3 is 20.1 Å². The molecule has 4 rings (SSSR count). The Morgan fingerprint density at radius 3 is 2.74 bits per heavy atom. The van der Waals surface area contributed by atoms with Crippen molar-refractivity contribution in [2.24, 2.45) is 0 Å². The zero-order valence-corrected chi connectivity index (χ0v) is 15.1. The number of aromatic nitrogens is 2. The molecule has 2 heterocycles. The first-order valence-electron chi connectivity index (χ1n) is 8.42. The molecule has 2 aromatic carbocycles. The SMILES string of the molecule is Fc1ccccc1Cn1ccc(NC(=S)Nc2ccc3c(c2)OCCO3)n1. The molecular formula is C19H17FN4O2S. The third-order valence-corrected chi connectivity index (χ3v) is 4.18. The van der Waals surface area contributed by atoms with E-state index in [-0.39, 0.29) is 5.82 Å². The minimum Gasteiger partial charge on any atom is -0.486 e. The van der Waals surface area contributed by atoms with Crippen molar-refractivity contribution in [3.05, 3.63) is 66.1 Å². The van der Waals surface area contributed by atoms with E-state index < -0.39 is 0 Å². The molecule has 6 nitrogen and oxygen atoms in total. The van der Waals surface area contributed by atoms with Crippen molar-refractivity contribution in [2.75, 3.05) is 23.8 Å². The number of ether oxygens (including phenoxy) is 2. The van der Waals surface area contributed by atoms with E-state index in [9.17, 15) is 4.39 Å². The van der Waals surface area contributed by atoms with Crippen molar-refractivity contribution in [2.45, 2.75) is 6.54 Å². The van der Waals surface area contributed by atoms with Crippen LogP contribution in [0.3, 0.4) is 0 Å². The van der Waals surface area contributed by atoms with Gasteiger partial charge in [0.25, 0.3) is 0 Å². The Labute approximate surface area is 160 Å². The number of hydrogen-bond donors (Lipinski definition) is 2. The highest BCUT2D eigenvalue weighted by molar-refractivity contribution is 7.80. The highest BCUT2D eigenvalue weighted by Gasteiger charge is 2.12. The molecule has 1 aromatic heterocycles. The molecule has 0 spiro atoms. The Bertz CT molecular complexity index is 976. The highest BCUT2D eigenvalue weighted by atomic mass is 32.1. The minimum atomic E-state index is -0.252. The molecule has 0 saturated carbocycles. The second-order valence-corrected chi connectivity index (χ2v) is 6.34. The lowest BCUT2D eigenvalue weighted by Crippen LogP contribution is -2.20. The van der Waals surface area contributed by atoms with Crippen molar-refractivity contribution < 1.29 is 13.9 Å². The quantitative estimate of drug-likeness (QED) is 0.670.